The highest BCUT2D eigenvalue weighted by atomic mass is 79.9. The molecule has 1 aromatic rings. The summed E-state index contributed by atoms with van der Waals surface area (Å²) >= 11 is 2.82. The summed E-state index contributed by atoms with van der Waals surface area (Å²) < 4.78 is 63.0. The summed E-state index contributed by atoms with van der Waals surface area (Å²) in [5.74, 6) is -0.633. The van der Waals surface area contributed by atoms with E-state index in [4.69, 9.17) is 9.79 Å². The van der Waals surface area contributed by atoms with E-state index in [-0.39, 0.29) is 10.9 Å². The molecule has 1 aromatic carbocycles. The number of carbonyl (C=O) groups is 1. The molecule has 1 amide bonds. The number of rotatable bonds is 7. The number of hydrogen-bond acceptors (Lipinski definition) is 4. The first-order chi connectivity index (χ1) is 11.2. The first-order valence-corrected chi connectivity index (χ1v) is 10.9. The molecule has 0 bridgehead atoms. The van der Waals surface area contributed by atoms with E-state index in [0.29, 0.717) is 5.56 Å². The fraction of sp³-hybridized carbons (Fsp3) is 0.417. The molecular weight excluding hydrogens is 449 g/mol. The molecule has 0 fully saturated rings. The largest absolute Gasteiger partial charge is 0.399 e. The molecule has 0 spiro atoms. The Morgan fingerprint density at radius 3 is 2.36 bits per heavy atom. The highest BCUT2D eigenvalue weighted by Gasteiger charge is 2.51. The fourth-order valence-corrected chi connectivity index (χ4v) is 3.99. The Bertz CT molecular complexity index is 814. The summed E-state index contributed by atoms with van der Waals surface area (Å²) in [6.45, 7) is 0. The third kappa shape index (κ3) is 5.80. The molecule has 0 heterocycles. The van der Waals surface area contributed by atoms with E-state index in [2.05, 4.69) is 26.0 Å². The predicted octanol–water partition coefficient (Wildman–Crippen LogP) is 0.882. The van der Waals surface area contributed by atoms with Gasteiger partial charge in [-0.05, 0) is 18.1 Å². The maximum Gasteiger partial charge on any atom is 0.399 e. The lowest BCUT2D eigenvalue weighted by atomic mass is 10.0. The normalized spacial score (nSPS) is 14.2. The van der Waals surface area contributed by atoms with Crippen LogP contribution in [0.3, 0.4) is 0 Å². The minimum Gasteiger partial charge on any atom is -0.358 e. The Kier molecular flexibility index (Phi) is 6.87. The molecular formula is C12H16BrF2N2O6PS. The lowest BCUT2D eigenvalue weighted by Crippen LogP contribution is -2.46. The first-order valence-electron chi connectivity index (χ1n) is 6.60. The van der Waals surface area contributed by atoms with Gasteiger partial charge in [-0.25, -0.2) is 13.1 Å². The Morgan fingerprint density at radius 1 is 1.40 bits per heavy atom. The number of sulfonamides is 1. The third-order valence-corrected chi connectivity index (χ3v) is 5.42. The molecule has 0 saturated carbocycles. The van der Waals surface area contributed by atoms with Gasteiger partial charge in [-0.15, -0.1) is 0 Å². The summed E-state index contributed by atoms with van der Waals surface area (Å²) in [5.41, 5.74) is -5.02. The summed E-state index contributed by atoms with van der Waals surface area (Å²) in [5, 5.41) is 2.28. The molecule has 0 radical (unpaired) electrons. The van der Waals surface area contributed by atoms with Gasteiger partial charge in [-0.1, -0.05) is 28.1 Å². The molecule has 13 heteroatoms. The first kappa shape index (κ1) is 22.1. The summed E-state index contributed by atoms with van der Waals surface area (Å²) in [6.07, 6.45) is 0.704. The zero-order valence-electron chi connectivity index (χ0n) is 13.0. The molecule has 0 saturated heterocycles. The molecule has 0 aliphatic rings. The van der Waals surface area contributed by atoms with Crippen LogP contribution in [0.15, 0.2) is 22.7 Å². The van der Waals surface area contributed by atoms with Crippen molar-refractivity contribution in [2.45, 2.75) is 18.1 Å². The molecule has 1 rings (SSSR count). The fourth-order valence-electron chi connectivity index (χ4n) is 1.94. The summed E-state index contributed by atoms with van der Waals surface area (Å²) in [4.78, 5) is 29.3. The van der Waals surface area contributed by atoms with E-state index >= 15 is 0 Å². The monoisotopic (exact) mass is 464 g/mol. The molecule has 0 aliphatic carbocycles. The number of halogens is 3. The summed E-state index contributed by atoms with van der Waals surface area (Å²) in [7, 11) is -8.13. The number of benzene rings is 1. The highest BCUT2D eigenvalue weighted by molar-refractivity contribution is 9.10. The van der Waals surface area contributed by atoms with Gasteiger partial charge in [-0.3, -0.25) is 9.36 Å². The van der Waals surface area contributed by atoms with E-state index in [1.165, 1.54) is 7.05 Å². The van der Waals surface area contributed by atoms with E-state index in [0.717, 1.165) is 24.5 Å². The molecule has 0 aromatic heterocycles. The van der Waals surface area contributed by atoms with Crippen LogP contribution in [-0.4, -0.2) is 43.5 Å². The topological polar surface area (TPSA) is 133 Å². The van der Waals surface area contributed by atoms with E-state index in [1.807, 2.05) is 0 Å². The maximum absolute atomic E-state index is 13.8. The van der Waals surface area contributed by atoms with Gasteiger partial charge in [0.25, 0.3) is 0 Å². The van der Waals surface area contributed by atoms with Crippen LogP contribution in [0.5, 0.6) is 0 Å². The van der Waals surface area contributed by atoms with Gasteiger partial charge in [0.1, 0.15) is 6.04 Å². The Hall–Kier alpha value is -0.910. The molecule has 25 heavy (non-hydrogen) atoms. The Morgan fingerprint density at radius 2 is 1.96 bits per heavy atom. The van der Waals surface area contributed by atoms with Crippen molar-refractivity contribution in [3.8, 4) is 0 Å². The molecule has 142 valence electrons. The van der Waals surface area contributed by atoms with Gasteiger partial charge in [0.2, 0.25) is 15.9 Å². The highest BCUT2D eigenvalue weighted by Crippen LogP contribution is 2.60. The van der Waals surface area contributed by atoms with Crippen molar-refractivity contribution in [3.05, 3.63) is 33.8 Å². The lowest BCUT2D eigenvalue weighted by molar-refractivity contribution is -0.122. The number of alkyl halides is 2. The number of nitrogens with one attached hydrogen (secondary N) is 2. The van der Waals surface area contributed by atoms with Crippen LogP contribution in [0, 0.1) is 0 Å². The molecule has 4 N–H and O–H groups in total. The van der Waals surface area contributed by atoms with Crippen molar-refractivity contribution in [2.75, 3.05) is 13.3 Å². The van der Waals surface area contributed by atoms with Gasteiger partial charge >= 0.3 is 13.3 Å². The van der Waals surface area contributed by atoms with Crippen LogP contribution in [-0.2, 0) is 31.5 Å². The predicted molar refractivity (Wildman–Crippen MR) is 89.6 cm³/mol. The van der Waals surface area contributed by atoms with Crippen molar-refractivity contribution < 1.29 is 36.3 Å². The average molecular weight is 465 g/mol. The van der Waals surface area contributed by atoms with Gasteiger partial charge in [0.05, 0.1) is 6.26 Å². The second-order valence-electron chi connectivity index (χ2n) is 5.16. The second kappa shape index (κ2) is 7.77. The smallest absolute Gasteiger partial charge is 0.358 e. The zero-order chi connectivity index (χ0) is 19.6. The van der Waals surface area contributed by atoms with Gasteiger partial charge in [0.15, 0.2) is 0 Å². The van der Waals surface area contributed by atoms with Crippen LogP contribution in [0.4, 0.5) is 8.78 Å². The van der Waals surface area contributed by atoms with Gasteiger partial charge < -0.3 is 15.1 Å². The van der Waals surface area contributed by atoms with Crippen LogP contribution in [0.25, 0.3) is 0 Å². The van der Waals surface area contributed by atoms with E-state index in [9.17, 15) is 26.6 Å². The van der Waals surface area contributed by atoms with Crippen molar-refractivity contribution in [2.24, 2.45) is 0 Å². The Balaban J connectivity index is 3.18. The van der Waals surface area contributed by atoms with E-state index < -0.39 is 40.8 Å². The summed E-state index contributed by atoms with van der Waals surface area (Å²) in [6, 6.07) is 1.89. The van der Waals surface area contributed by atoms with Crippen LogP contribution in [0.1, 0.15) is 11.1 Å². The minimum atomic E-state index is -5.73. The Labute approximate surface area is 151 Å². The van der Waals surface area contributed by atoms with Crippen molar-refractivity contribution >= 4 is 39.5 Å². The number of likely N-dealkylation sites (N-methyl/N-ethyl adjacent to an activating group) is 1. The zero-order valence-corrected chi connectivity index (χ0v) is 16.3. The number of carbonyl (C=O) groups excluding carboxylic acids is 1. The number of hydrogen-bond donors (Lipinski definition) is 4. The van der Waals surface area contributed by atoms with Crippen LogP contribution in [0.2, 0.25) is 0 Å². The minimum absolute atomic E-state index is 0.160. The average Bonchev–Trinajstić information content (AvgIpc) is 2.42. The third-order valence-electron chi connectivity index (χ3n) is 3.08. The molecule has 0 aliphatic heterocycles. The molecule has 1 atom stereocenters. The molecule has 0 unspecified atom stereocenters. The lowest BCUT2D eigenvalue weighted by Gasteiger charge is -2.20. The van der Waals surface area contributed by atoms with Gasteiger partial charge in [0, 0.05) is 17.1 Å². The quantitative estimate of drug-likeness (QED) is 0.442. The van der Waals surface area contributed by atoms with Crippen LogP contribution < -0.4 is 10.0 Å². The van der Waals surface area contributed by atoms with E-state index in [1.54, 1.807) is 0 Å². The standard InChI is InChI=1S/C12H16BrF2N2O6PS/c1-16-11(18)10(17-25(2,22)23)6-7-3-4-8(9(13)5-7)12(14,15)24(19,20)21/h3-5,10,17H,6H2,1-2H3,(H,16,18)(H2,19,20,21)/t10-/m0/s1. The maximum atomic E-state index is 13.8. The van der Waals surface area contributed by atoms with Crippen LogP contribution >= 0.6 is 23.5 Å². The SMILES string of the molecule is CNC(=O)[C@H](Cc1ccc(C(F)(F)P(=O)(O)O)c(Br)c1)NS(C)(=O)=O. The second-order valence-corrected chi connectivity index (χ2v) is 9.44. The van der Waals surface area contributed by atoms with Gasteiger partial charge in [-0.2, -0.15) is 8.78 Å². The number of amides is 1. The van der Waals surface area contributed by atoms with Crippen molar-refractivity contribution in [3.63, 3.8) is 0 Å². The van der Waals surface area contributed by atoms with Crippen molar-refractivity contribution in [1.29, 1.82) is 0 Å². The van der Waals surface area contributed by atoms with Crippen molar-refractivity contribution in [1.82, 2.24) is 10.0 Å². The molecule has 8 nitrogen and oxygen atoms in total.